The first-order valence-electron chi connectivity index (χ1n) is 11.2. The van der Waals surface area contributed by atoms with Crippen LogP contribution in [0.1, 0.15) is 42.5 Å². The van der Waals surface area contributed by atoms with E-state index in [4.69, 9.17) is 4.74 Å². The van der Waals surface area contributed by atoms with Crippen LogP contribution < -0.4 is 10.6 Å². The molecule has 2 aliphatic heterocycles. The molecule has 176 valence electrons. The predicted molar refractivity (Wildman–Crippen MR) is 133 cm³/mol. The number of nitrogens with zero attached hydrogens (tertiary/aromatic N) is 5. The lowest BCUT2D eigenvalue weighted by molar-refractivity contribution is 0.0170. The van der Waals surface area contributed by atoms with E-state index in [9.17, 15) is 4.39 Å². The number of nitrogens with one attached hydrogen (secondary N) is 2. The van der Waals surface area contributed by atoms with Crippen LogP contribution in [0.5, 0.6) is 0 Å². The second-order valence-corrected chi connectivity index (χ2v) is 8.02. The molecule has 3 heterocycles. The van der Waals surface area contributed by atoms with Crippen LogP contribution in [0.15, 0.2) is 29.3 Å². The minimum absolute atomic E-state index is 0. The van der Waals surface area contributed by atoms with E-state index in [1.807, 2.05) is 12.1 Å². The summed E-state index contributed by atoms with van der Waals surface area (Å²) in [5.74, 6) is 2.53. The summed E-state index contributed by atoms with van der Waals surface area (Å²) in [7, 11) is 1.77. The number of aryl methyl sites for hydroxylation is 1. The highest BCUT2D eigenvalue weighted by Gasteiger charge is 2.23. The van der Waals surface area contributed by atoms with E-state index in [-0.39, 0.29) is 35.8 Å². The third-order valence-corrected chi connectivity index (χ3v) is 6.03. The lowest BCUT2D eigenvalue weighted by Gasteiger charge is -2.35. The Morgan fingerprint density at radius 2 is 1.88 bits per heavy atom. The molecule has 0 aliphatic carbocycles. The molecule has 0 saturated carbocycles. The second-order valence-electron chi connectivity index (χ2n) is 8.02. The van der Waals surface area contributed by atoms with Crippen molar-refractivity contribution in [3.8, 4) is 0 Å². The Balaban J connectivity index is 0.00000289. The zero-order chi connectivity index (χ0) is 21.5. The van der Waals surface area contributed by atoms with E-state index in [2.05, 4.69) is 35.3 Å². The van der Waals surface area contributed by atoms with Gasteiger partial charge in [0.15, 0.2) is 11.8 Å². The highest BCUT2D eigenvalue weighted by atomic mass is 127. The molecule has 0 amide bonds. The van der Waals surface area contributed by atoms with Crippen molar-refractivity contribution in [3.63, 3.8) is 0 Å². The fourth-order valence-electron chi connectivity index (χ4n) is 4.28. The molecule has 8 nitrogen and oxygen atoms in total. The minimum Gasteiger partial charge on any atom is -0.379 e. The molecule has 32 heavy (non-hydrogen) atoms. The molecule has 1 aromatic heterocycles. The van der Waals surface area contributed by atoms with Gasteiger partial charge >= 0.3 is 0 Å². The van der Waals surface area contributed by atoms with E-state index in [1.54, 1.807) is 7.05 Å². The van der Waals surface area contributed by atoms with E-state index in [0.717, 1.165) is 43.3 Å². The molecule has 0 spiro atoms. The third kappa shape index (κ3) is 6.38. The summed E-state index contributed by atoms with van der Waals surface area (Å²) in [4.78, 5) is 6.75. The molecule has 1 saturated heterocycles. The van der Waals surface area contributed by atoms with Gasteiger partial charge in [0.05, 0.1) is 25.8 Å². The van der Waals surface area contributed by atoms with E-state index < -0.39 is 0 Å². The van der Waals surface area contributed by atoms with Gasteiger partial charge < -0.3 is 19.9 Å². The van der Waals surface area contributed by atoms with Gasteiger partial charge in [0.2, 0.25) is 0 Å². The predicted octanol–water partition coefficient (Wildman–Crippen LogP) is 2.50. The standard InChI is InChI=1S/C22H32FN7O.HI/c1-24-22(26-16-21-28-27-20-5-3-2-4-10-30(20)21)25-15-19(29-11-13-31-14-12-29)17-6-8-18(23)9-7-17;/h6-9,19H,2-5,10-16H2,1H3,(H2,24,25,26);1H. The van der Waals surface area contributed by atoms with Crippen LogP contribution in [-0.4, -0.2) is 65.5 Å². The maximum Gasteiger partial charge on any atom is 0.191 e. The summed E-state index contributed by atoms with van der Waals surface area (Å²) in [5.41, 5.74) is 1.08. The van der Waals surface area contributed by atoms with Gasteiger partial charge in [-0.15, -0.1) is 34.2 Å². The SMILES string of the molecule is CN=C(NCc1nnc2n1CCCCC2)NCC(c1ccc(F)cc1)N1CCOCC1.I. The molecule has 1 fully saturated rings. The molecule has 2 N–H and O–H groups in total. The van der Waals surface area contributed by atoms with Gasteiger partial charge in [0.1, 0.15) is 11.6 Å². The summed E-state index contributed by atoms with van der Waals surface area (Å²) in [6.07, 6.45) is 4.59. The number of benzene rings is 1. The summed E-state index contributed by atoms with van der Waals surface area (Å²) < 4.78 is 21.2. The highest BCUT2D eigenvalue weighted by Crippen LogP contribution is 2.21. The maximum atomic E-state index is 13.4. The molecule has 1 atom stereocenters. The van der Waals surface area contributed by atoms with Crippen molar-refractivity contribution in [1.29, 1.82) is 0 Å². The largest absolute Gasteiger partial charge is 0.379 e. The van der Waals surface area contributed by atoms with Gasteiger partial charge in [0.25, 0.3) is 0 Å². The topological polar surface area (TPSA) is 79.6 Å². The van der Waals surface area contributed by atoms with E-state index in [1.165, 1.54) is 31.4 Å². The molecule has 2 aliphatic rings. The average Bonchev–Trinajstić information content (AvgIpc) is 3.03. The maximum absolute atomic E-state index is 13.4. The lowest BCUT2D eigenvalue weighted by atomic mass is 10.0. The van der Waals surface area contributed by atoms with Crippen LogP contribution in [0.3, 0.4) is 0 Å². The van der Waals surface area contributed by atoms with Gasteiger partial charge in [-0.2, -0.15) is 0 Å². The summed E-state index contributed by atoms with van der Waals surface area (Å²) in [6.45, 7) is 5.33. The molecular formula is C22H33FIN7O. The molecule has 2 aromatic rings. The fourth-order valence-corrected chi connectivity index (χ4v) is 4.28. The number of halogens is 2. The van der Waals surface area contributed by atoms with Gasteiger partial charge in [-0.3, -0.25) is 9.89 Å². The normalized spacial score (nSPS) is 18.2. The van der Waals surface area contributed by atoms with Crippen molar-refractivity contribution in [2.45, 2.75) is 44.8 Å². The quantitative estimate of drug-likeness (QED) is 0.323. The molecule has 10 heteroatoms. The van der Waals surface area contributed by atoms with Gasteiger partial charge in [-0.1, -0.05) is 18.6 Å². The Morgan fingerprint density at radius 1 is 1.09 bits per heavy atom. The van der Waals surface area contributed by atoms with Crippen molar-refractivity contribution < 1.29 is 9.13 Å². The number of hydrogen-bond donors (Lipinski definition) is 2. The smallest absolute Gasteiger partial charge is 0.191 e. The first-order chi connectivity index (χ1) is 15.2. The van der Waals surface area contributed by atoms with Crippen molar-refractivity contribution in [2.75, 3.05) is 39.9 Å². The zero-order valence-corrected chi connectivity index (χ0v) is 20.9. The second kappa shape index (κ2) is 12.4. The number of fused-ring (bicyclic) bond motifs is 1. The Labute approximate surface area is 206 Å². The highest BCUT2D eigenvalue weighted by molar-refractivity contribution is 14.0. The molecule has 4 rings (SSSR count). The lowest BCUT2D eigenvalue weighted by Crippen LogP contribution is -2.46. The molecular weight excluding hydrogens is 524 g/mol. The number of guanidine groups is 1. The van der Waals surface area contributed by atoms with Crippen LogP contribution in [0.25, 0.3) is 0 Å². The van der Waals surface area contributed by atoms with Crippen molar-refractivity contribution in [2.24, 2.45) is 4.99 Å². The number of morpholine rings is 1. The molecule has 0 bridgehead atoms. The van der Waals surface area contributed by atoms with Crippen LogP contribution in [-0.2, 0) is 24.2 Å². The number of aromatic nitrogens is 3. The van der Waals surface area contributed by atoms with Gasteiger partial charge in [-0.05, 0) is 30.5 Å². The van der Waals surface area contributed by atoms with Crippen LogP contribution in [0.4, 0.5) is 4.39 Å². The first-order valence-corrected chi connectivity index (χ1v) is 11.2. The monoisotopic (exact) mass is 557 g/mol. The molecule has 1 aromatic carbocycles. The van der Waals surface area contributed by atoms with Crippen molar-refractivity contribution in [3.05, 3.63) is 47.3 Å². The van der Waals surface area contributed by atoms with Crippen LogP contribution in [0.2, 0.25) is 0 Å². The van der Waals surface area contributed by atoms with E-state index in [0.29, 0.717) is 32.3 Å². The summed E-state index contributed by atoms with van der Waals surface area (Å²) in [5, 5.41) is 15.6. The van der Waals surface area contributed by atoms with Crippen LogP contribution >= 0.6 is 24.0 Å². The first kappa shape index (κ1) is 24.8. The minimum atomic E-state index is -0.220. The molecule has 0 radical (unpaired) electrons. The number of hydrogen-bond acceptors (Lipinski definition) is 5. The van der Waals surface area contributed by atoms with Crippen molar-refractivity contribution in [1.82, 2.24) is 30.3 Å². The van der Waals surface area contributed by atoms with E-state index >= 15 is 0 Å². The summed E-state index contributed by atoms with van der Waals surface area (Å²) >= 11 is 0. The Hall–Kier alpha value is -1.79. The third-order valence-electron chi connectivity index (χ3n) is 6.03. The number of rotatable bonds is 6. The Bertz CT molecular complexity index is 868. The van der Waals surface area contributed by atoms with Crippen molar-refractivity contribution >= 4 is 29.9 Å². The van der Waals surface area contributed by atoms with Crippen LogP contribution in [0, 0.1) is 5.82 Å². The summed E-state index contributed by atoms with van der Waals surface area (Å²) in [6, 6.07) is 6.87. The Kier molecular flexibility index (Phi) is 9.67. The van der Waals surface area contributed by atoms with Gasteiger partial charge in [-0.25, -0.2) is 4.39 Å². The number of aliphatic imine (C=N–C) groups is 1. The van der Waals surface area contributed by atoms with Gasteiger partial charge in [0, 0.05) is 39.6 Å². The average molecular weight is 557 g/mol. The zero-order valence-electron chi connectivity index (χ0n) is 18.6. The number of ether oxygens (including phenoxy) is 1. The Morgan fingerprint density at radius 3 is 2.62 bits per heavy atom. The fraction of sp³-hybridized carbons (Fsp3) is 0.591. The molecule has 1 unspecified atom stereocenters.